The van der Waals surface area contributed by atoms with E-state index in [-0.39, 0.29) is 54.5 Å². The van der Waals surface area contributed by atoms with E-state index in [1.54, 1.807) is 0 Å². The normalized spacial score (nSPS) is 16.0. The number of hydrogen-bond donors (Lipinski definition) is 2. The SMILES string of the molecule is Cl.Cl.O=C(NCC(N1CCNCC1)C(F)(F)F)c1cc(F)cc2nccnc12. The van der Waals surface area contributed by atoms with Gasteiger partial charge in [-0.3, -0.25) is 19.7 Å². The van der Waals surface area contributed by atoms with E-state index < -0.39 is 30.5 Å². The number of fused-ring (bicyclic) bond motifs is 1. The number of rotatable bonds is 4. The van der Waals surface area contributed by atoms with Crippen molar-refractivity contribution in [3.8, 4) is 0 Å². The third-order valence-corrected chi connectivity index (χ3v) is 4.21. The van der Waals surface area contributed by atoms with E-state index in [1.807, 2.05) is 0 Å². The van der Waals surface area contributed by atoms with Gasteiger partial charge in [-0.2, -0.15) is 13.2 Å². The molecule has 1 amide bonds. The Balaban J connectivity index is 0.00000196. The first-order valence-corrected chi connectivity index (χ1v) is 8.06. The molecule has 1 atom stereocenters. The van der Waals surface area contributed by atoms with Crippen LogP contribution in [0.5, 0.6) is 0 Å². The number of carbonyl (C=O) groups excluding carboxylic acids is 1. The third-order valence-electron chi connectivity index (χ3n) is 4.21. The van der Waals surface area contributed by atoms with Gasteiger partial charge in [0, 0.05) is 51.2 Å². The Hall–Kier alpha value is -1.75. The first kappa shape index (κ1) is 24.3. The summed E-state index contributed by atoms with van der Waals surface area (Å²) in [6.07, 6.45) is -1.82. The van der Waals surface area contributed by atoms with Crippen LogP contribution in [0.25, 0.3) is 11.0 Å². The predicted molar refractivity (Wildman–Crippen MR) is 101 cm³/mol. The molecule has 1 aromatic carbocycles. The zero-order valence-electron chi connectivity index (χ0n) is 14.5. The summed E-state index contributed by atoms with van der Waals surface area (Å²) in [5, 5.41) is 5.25. The van der Waals surface area contributed by atoms with Gasteiger partial charge in [-0.25, -0.2) is 4.39 Å². The number of nitrogens with one attached hydrogen (secondary N) is 2. The van der Waals surface area contributed by atoms with Crippen molar-refractivity contribution >= 4 is 41.8 Å². The number of hydrogen-bond acceptors (Lipinski definition) is 5. The fourth-order valence-electron chi connectivity index (χ4n) is 2.94. The standard InChI is InChI=1S/C16H17F4N5O.2ClH/c17-10-7-11(14-12(8-10)22-1-2-23-14)15(26)24-9-13(16(18,19)20)25-5-3-21-4-6-25;;/h1-2,7-8,13,21H,3-6,9H2,(H,24,26);2*1H. The van der Waals surface area contributed by atoms with Crippen LogP contribution in [-0.4, -0.2) is 65.7 Å². The molecular weight excluding hydrogens is 425 g/mol. The maximum absolute atomic E-state index is 13.7. The number of benzene rings is 1. The van der Waals surface area contributed by atoms with Crippen molar-refractivity contribution in [3.63, 3.8) is 0 Å². The summed E-state index contributed by atoms with van der Waals surface area (Å²) in [6.45, 7) is 0.735. The zero-order valence-corrected chi connectivity index (χ0v) is 16.1. The lowest BCUT2D eigenvalue weighted by Gasteiger charge is -2.35. The van der Waals surface area contributed by atoms with Gasteiger partial charge in [0.25, 0.3) is 5.91 Å². The van der Waals surface area contributed by atoms with Gasteiger partial charge in [-0.1, -0.05) is 0 Å². The highest BCUT2D eigenvalue weighted by Crippen LogP contribution is 2.25. The summed E-state index contributed by atoms with van der Waals surface area (Å²) in [5.41, 5.74) is 0.151. The third kappa shape index (κ3) is 5.63. The minimum atomic E-state index is -4.49. The first-order chi connectivity index (χ1) is 12.4. The van der Waals surface area contributed by atoms with Crippen LogP contribution in [0.1, 0.15) is 10.4 Å². The minimum Gasteiger partial charge on any atom is -0.350 e. The van der Waals surface area contributed by atoms with Crippen molar-refractivity contribution in [1.82, 2.24) is 25.5 Å². The second-order valence-electron chi connectivity index (χ2n) is 5.93. The molecule has 0 spiro atoms. The zero-order chi connectivity index (χ0) is 18.7. The van der Waals surface area contributed by atoms with Gasteiger partial charge in [-0.15, -0.1) is 24.8 Å². The van der Waals surface area contributed by atoms with Crippen molar-refractivity contribution in [1.29, 1.82) is 0 Å². The van der Waals surface area contributed by atoms with Gasteiger partial charge < -0.3 is 10.6 Å². The molecule has 156 valence electrons. The second-order valence-corrected chi connectivity index (χ2v) is 5.93. The number of halogens is 6. The van der Waals surface area contributed by atoms with Crippen LogP contribution in [0.3, 0.4) is 0 Å². The molecule has 1 aliphatic rings. The Morgan fingerprint density at radius 3 is 2.46 bits per heavy atom. The van der Waals surface area contributed by atoms with Crippen molar-refractivity contribution in [3.05, 3.63) is 35.9 Å². The Labute approximate surface area is 170 Å². The van der Waals surface area contributed by atoms with Crippen LogP contribution in [0.2, 0.25) is 0 Å². The van der Waals surface area contributed by atoms with Crippen molar-refractivity contribution in [2.24, 2.45) is 0 Å². The highest BCUT2D eigenvalue weighted by atomic mass is 35.5. The van der Waals surface area contributed by atoms with E-state index in [1.165, 1.54) is 17.3 Å². The summed E-state index contributed by atoms with van der Waals surface area (Å²) in [4.78, 5) is 21.6. The quantitative estimate of drug-likeness (QED) is 0.708. The Bertz CT molecular complexity index is 802. The van der Waals surface area contributed by atoms with Gasteiger partial charge >= 0.3 is 6.18 Å². The maximum Gasteiger partial charge on any atom is 0.405 e. The fourth-order valence-corrected chi connectivity index (χ4v) is 2.94. The molecule has 1 saturated heterocycles. The molecule has 3 rings (SSSR count). The maximum atomic E-state index is 13.7. The van der Waals surface area contributed by atoms with Crippen LogP contribution >= 0.6 is 24.8 Å². The summed E-state index contributed by atoms with van der Waals surface area (Å²) in [5.74, 6) is -1.53. The topological polar surface area (TPSA) is 70.2 Å². The lowest BCUT2D eigenvalue weighted by molar-refractivity contribution is -0.183. The smallest absolute Gasteiger partial charge is 0.350 e. The van der Waals surface area contributed by atoms with E-state index in [2.05, 4.69) is 20.6 Å². The van der Waals surface area contributed by atoms with E-state index in [0.29, 0.717) is 13.1 Å². The van der Waals surface area contributed by atoms with Gasteiger partial charge in [0.2, 0.25) is 0 Å². The summed E-state index contributed by atoms with van der Waals surface area (Å²) < 4.78 is 53.8. The molecular formula is C16H19Cl2F4N5O. The molecule has 0 bridgehead atoms. The van der Waals surface area contributed by atoms with Crippen LogP contribution in [0.15, 0.2) is 24.5 Å². The van der Waals surface area contributed by atoms with Gasteiger partial charge in [0.1, 0.15) is 17.4 Å². The Morgan fingerprint density at radius 1 is 1.18 bits per heavy atom. The van der Waals surface area contributed by atoms with Crippen LogP contribution in [0.4, 0.5) is 17.6 Å². The number of piperazine rings is 1. The molecule has 2 N–H and O–H groups in total. The molecule has 0 saturated carbocycles. The minimum absolute atomic E-state index is 0. The van der Waals surface area contributed by atoms with Crippen molar-refractivity contribution in [2.75, 3.05) is 32.7 Å². The molecule has 1 unspecified atom stereocenters. The molecule has 1 aliphatic heterocycles. The van der Waals surface area contributed by atoms with Gasteiger partial charge in [0.05, 0.1) is 11.1 Å². The van der Waals surface area contributed by atoms with Crippen LogP contribution < -0.4 is 10.6 Å². The average molecular weight is 444 g/mol. The molecule has 28 heavy (non-hydrogen) atoms. The first-order valence-electron chi connectivity index (χ1n) is 8.06. The number of carbonyl (C=O) groups is 1. The lowest BCUT2D eigenvalue weighted by Crippen LogP contribution is -2.57. The highest BCUT2D eigenvalue weighted by molar-refractivity contribution is 6.04. The molecule has 1 aromatic heterocycles. The van der Waals surface area contributed by atoms with E-state index in [4.69, 9.17) is 0 Å². The second kappa shape index (κ2) is 10.1. The monoisotopic (exact) mass is 443 g/mol. The van der Waals surface area contributed by atoms with E-state index >= 15 is 0 Å². The molecule has 12 heteroatoms. The number of amides is 1. The lowest BCUT2D eigenvalue weighted by atomic mass is 10.1. The van der Waals surface area contributed by atoms with Crippen LogP contribution in [-0.2, 0) is 0 Å². The number of aromatic nitrogens is 2. The summed E-state index contributed by atoms with van der Waals surface area (Å²) in [7, 11) is 0. The Morgan fingerprint density at radius 2 is 1.82 bits per heavy atom. The van der Waals surface area contributed by atoms with Crippen molar-refractivity contribution < 1.29 is 22.4 Å². The molecule has 6 nitrogen and oxygen atoms in total. The van der Waals surface area contributed by atoms with Crippen molar-refractivity contribution in [2.45, 2.75) is 12.2 Å². The van der Waals surface area contributed by atoms with E-state index in [0.717, 1.165) is 12.1 Å². The number of alkyl halides is 3. The fraction of sp³-hybridized carbons (Fsp3) is 0.438. The molecule has 1 fully saturated rings. The summed E-state index contributed by atoms with van der Waals surface area (Å²) in [6, 6.07) is 0.248. The average Bonchev–Trinajstić information content (AvgIpc) is 2.60. The van der Waals surface area contributed by atoms with Crippen LogP contribution in [0, 0.1) is 5.82 Å². The van der Waals surface area contributed by atoms with Gasteiger partial charge in [0.15, 0.2) is 0 Å². The van der Waals surface area contributed by atoms with Gasteiger partial charge in [-0.05, 0) is 6.07 Å². The number of nitrogens with zero attached hydrogens (tertiary/aromatic N) is 3. The highest BCUT2D eigenvalue weighted by Gasteiger charge is 2.43. The largest absolute Gasteiger partial charge is 0.405 e. The molecule has 2 heterocycles. The Kier molecular flexibility index (Phi) is 8.80. The van der Waals surface area contributed by atoms with E-state index in [9.17, 15) is 22.4 Å². The molecule has 0 radical (unpaired) electrons. The predicted octanol–water partition coefficient (Wildman–Crippen LogP) is 2.18. The molecule has 2 aromatic rings. The molecule has 0 aliphatic carbocycles. The summed E-state index contributed by atoms with van der Waals surface area (Å²) >= 11 is 0.